The maximum atomic E-state index is 12.1. The molecule has 0 bridgehead atoms. The molecule has 1 heterocycles. The van der Waals surface area contributed by atoms with Crippen molar-refractivity contribution in [2.45, 2.75) is 13.8 Å². The monoisotopic (exact) mass is 348 g/mol. The molecule has 2 aromatic rings. The summed E-state index contributed by atoms with van der Waals surface area (Å²) in [6.07, 6.45) is 1.64. The summed E-state index contributed by atoms with van der Waals surface area (Å²) in [5, 5.41) is 12.5. The van der Waals surface area contributed by atoms with Crippen molar-refractivity contribution in [2.75, 3.05) is 5.32 Å². The number of carboxylic acid groups (broad SMARTS) is 1. The van der Waals surface area contributed by atoms with Crippen LogP contribution in [0.25, 0.3) is 10.9 Å². The molecule has 1 aromatic carbocycles. The summed E-state index contributed by atoms with van der Waals surface area (Å²) in [5.41, 5.74) is 1.37. The van der Waals surface area contributed by atoms with Gasteiger partial charge in [-0.1, -0.05) is 12.1 Å². The van der Waals surface area contributed by atoms with Gasteiger partial charge >= 0.3 is 5.97 Å². The summed E-state index contributed by atoms with van der Waals surface area (Å²) < 4.78 is 0.844. The molecule has 0 radical (unpaired) electrons. The molecule has 6 heteroatoms. The lowest BCUT2D eigenvalue weighted by atomic mass is 10.1. The molecule has 1 amide bonds. The van der Waals surface area contributed by atoms with Gasteiger partial charge in [-0.3, -0.25) is 9.78 Å². The van der Waals surface area contributed by atoms with Crippen molar-refractivity contribution in [3.05, 3.63) is 46.1 Å². The Balaban J connectivity index is 2.39. The van der Waals surface area contributed by atoms with Gasteiger partial charge in [-0.15, -0.1) is 0 Å². The Bertz CT molecular complexity index is 769. The van der Waals surface area contributed by atoms with Crippen molar-refractivity contribution in [1.29, 1.82) is 0 Å². The van der Waals surface area contributed by atoms with Crippen LogP contribution in [0.5, 0.6) is 0 Å². The van der Waals surface area contributed by atoms with Crippen molar-refractivity contribution in [2.24, 2.45) is 0 Å². The summed E-state index contributed by atoms with van der Waals surface area (Å²) in [5.74, 6) is -1.56. The number of hydrogen-bond donors (Lipinski definition) is 2. The number of carboxylic acids is 1. The van der Waals surface area contributed by atoms with E-state index in [-0.39, 0.29) is 11.1 Å². The lowest BCUT2D eigenvalue weighted by molar-refractivity contribution is -0.133. The Kier molecular flexibility index (Phi) is 4.37. The van der Waals surface area contributed by atoms with E-state index in [9.17, 15) is 9.59 Å². The van der Waals surface area contributed by atoms with Crippen molar-refractivity contribution in [1.82, 2.24) is 4.98 Å². The molecule has 0 aliphatic rings. The SMILES string of the molecule is C/C(C(=O)O)=C(/C)C(=O)Nc1cccc2cc(Br)cnc12. The summed E-state index contributed by atoms with van der Waals surface area (Å²) in [6.45, 7) is 2.88. The molecule has 0 saturated carbocycles. The highest BCUT2D eigenvalue weighted by atomic mass is 79.9. The minimum atomic E-state index is -1.11. The van der Waals surface area contributed by atoms with Gasteiger partial charge in [0.2, 0.25) is 0 Å². The zero-order valence-corrected chi connectivity index (χ0v) is 13.1. The van der Waals surface area contributed by atoms with Crippen LogP contribution >= 0.6 is 15.9 Å². The molecule has 2 N–H and O–H groups in total. The van der Waals surface area contributed by atoms with Crippen molar-refractivity contribution in [3.8, 4) is 0 Å². The topological polar surface area (TPSA) is 79.3 Å². The van der Waals surface area contributed by atoms with Gasteiger partial charge in [-0.2, -0.15) is 0 Å². The van der Waals surface area contributed by atoms with E-state index in [1.54, 1.807) is 18.3 Å². The van der Waals surface area contributed by atoms with Gasteiger partial charge in [0, 0.05) is 27.2 Å². The molecule has 108 valence electrons. The van der Waals surface area contributed by atoms with E-state index in [4.69, 9.17) is 5.11 Å². The Labute approximate surface area is 129 Å². The van der Waals surface area contributed by atoms with E-state index in [1.165, 1.54) is 13.8 Å². The number of halogens is 1. The zero-order chi connectivity index (χ0) is 15.6. The zero-order valence-electron chi connectivity index (χ0n) is 11.5. The van der Waals surface area contributed by atoms with Crippen molar-refractivity contribution in [3.63, 3.8) is 0 Å². The first kappa shape index (κ1) is 15.2. The molecule has 0 atom stereocenters. The fourth-order valence-electron chi connectivity index (χ4n) is 1.78. The number of benzene rings is 1. The average Bonchev–Trinajstić information content (AvgIpc) is 2.45. The first-order chi connectivity index (χ1) is 9.90. The van der Waals surface area contributed by atoms with Gasteiger partial charge in [-0.25, -0.2) is 4.79 Å². The summed E-state index contributed by atoms with van der Waals surface area (Å²) >= 11 is 3.34. The molecule has 5 nitrogen and oxygen atoms in total. The van der Waals surface area contributed by atoms with Gasteiger partial charge in [0.25, 0.3) is 5.91 Å². The van der Waals surface area contributed by atoms with E-state index < -0.39 is 11.9 Å². The highest BCUT2D eigenvalue weighted by Crippen LogP contribution is 2.24. The number of nitrogens with one attached hydrogen (secondary N) is 1. The van der Waals surface area contributed by atoms with E-state index in [1.807, 2.05) is 12.1 Å². The predicted molar refractivity (Wildman–Crippen MR) is 84.1 cm³/mol. The highest BCUT2D eigenvalue weighted by Gasteiger charge is 2.14. The van der Waals surface area contributed by atoms with E-state index in [0.29, 0.717) is 11.2 Å². The Morgan fingerprint density at radius 1 is 1.24 bits per heavy atom. The third kappa shape index (κ3) is 3.28. The van der Waals surface area contributed by atoms with Crippen LogP contribution in [-0.4, -0.2) is 22.0 Å². The van der Waals surface area contributed by atoms with Crippen LogP contribution in [0.1, 0.15) is 13.8 Å². The summed E-state index contributed by atoms with van der Waals surface area (Å²) in [7, 11) is 0. The lowest BCUT2D eigenvalue weighted by Gasteiger charge is -2.09. The highest BCUT2D eigenvalue weighted by molar-refractivity contribution is 9.10. The standard InChI is InChI=1S/C15H13BrN2O3/c1-8(9(2)15(20)21)14(19)18-12-5-3-4-10-6-11(16)7-17-13(10)12/h3-7H,1-2H3,(H,18,19)(H,20,21)/b9-8+. The molecule has 0 saturated heterocycles. The number of para-hydroxylation sites is 1. The number of fused-ring (bicyclic) bond motifs is 1. The molecular weight excluding hydrogens is 336 g/mol. The average molecular weight is 349 g/mol. The van der Waals surface area contributed by atoms with Gasteiger partial charge in [-0.05, 0) is 41.9 Å². The molecule has 2 rings (SSSR count). The smallest absolute Gasteiger partial charge is 0.331 e. The third-order valence-electron chi connectivity index (χ3n) is 3.15. The number of nitrogens with zero attached hydrogens (tertiary/aromatic N) is 1. The second kappa shape index (κ2) is 6.05. The summed E-state index contributed by atoms with van der Waals surface area (Å²) in [4.78, 5) is 27.3. The Morgan fingerprint density at radius 2 is 1.95 bits per heavy atom. The number of rotatable bonds is 3. The van der Waals surface area contributed by atoms with Crippen LogP contribution < -0.4 is 5.32 Å². The van der Waals surface area contributed by atoms with Gasteiger partial charge in [0.1, 0.15) is 0 Å². The Morgan fingerprint density at radius 3 is 2.62 bits per heavy atom. The quantitative estimate of drug-likeness (QED) is 0.833. The van der Waals surface area contributed by atoms with Crippen LogP contribution in [0, 0.1) is 0 Å². The molecule has 0 unspecified atom stereocenters. The number of aromatic nitrogens is 1. The third-order valence-corrected chi connectivity index (χ3v) is 3.58. The second-order valence-electron chi connectivity index (χ2n) is 4.54. The van der Waals surface area contributed by atoms with Gasteiger partial charge < -0.3 is 10.4 Å². The number of carbonyl (C=O) groups is 2. The fourth-order valence-corrected chi connectivity index (χ4v) is 2.13. The lowest BCUT2D eigenvalue weighted by Crippen LogP contribution is -2.16. The van der Waals surface area contributed by atoms with Crippen LogP contribution in [0.2, 0.25) is 0 Å². The number of anilines is 1. The molecule has 0 aliphatic carbocycles. The molecule has 1 aromatic heterocycles. The minimum absolute atomic E-state index is 0.0171. The van der Waals surface area contributed by atoms with Crippen LogP contribution in [-0.2, 0) is 9.59 Å². The van der Waals surface area contributed by atoms with E-state index in [2.05, 4.69) is 26.2 Å². The predicted octanol–water partition coefficient (Wildman–Crippen LogP) is 3.36. The number of aliphatic carboxylic acids is 1. The molecule has 21 heavy (non-hydrogen) atoms. The molecular formula is C15H13BrN2O3. The fraction of sp³-hybridized carbons (Fsp3) is 0.133. The first-order valence-corrected chi connectivity index (χ1v) is 6.96. The maximum Gasteiger partial charge on any atom is 0.331 e. The number of pyridine rings is 1. The van der Waals surface area contributed by atoms with E-state index in [0.717, 1.165) is 9.86 Å². The number of hydrogen-bond acceptors (Lipinski definition) is 3. The van der Waals surface area contributed by atoms with E-state index >= 15 is 0 Å². The van der Waals surface area contributed by atoms with Crippen molar-refractivity contribution >= 4 is 44.4 Å². The maximum absolute atomic E-state index is 12.1. The molecule has 0 spiro atoms. The largest absolute Gasteiger partial charge is 0.478 e. The van der Waals surface area contributed by atoms with Crippen LogP contribution in [0.4, 0.5) is 5.69 Å². The summed E-state index contributed by atoms with van der Waals surface area (Å²) in [6, 6.07) is 7.30. The second-order valence-corrected chi connectivity index (χ2v) is 5.46. The minimum Gasteiger partial charge on any atom is -0.478 e. The van der Waals surface area contributed by atoms with Crippen LogP contribution in [0.3, 0.4) is 0 Å². The number of carbonyl (C=O) groups excluding carboxylic acids is 1. The van der Waals surface area contributed by atoms with Crippen molar-refractivity contribution < 1.29 is 14.7 Å². The molecule has 0 aliphatic heterocycles. The van der Waals surface area contributed by atoms with Gasteiger partial charge in [0.15, 0.2) is 0 Å². The molecule has 0 fully saturated rings. The normalized spacial score (nSPS) is 12.0. The first-order valence-electron chi connectivity index (χ1n) is 6.16. The van der Waals surface area contributed by atoms with Crippen LogP contribution in [0.15, 0.2) is 46.1 Å². The van der Waals surface area contributed by atoms with Gasteiger partial charge in [0.05, 0.1) is 11.2 Å². The Hall–Kier alpha value is -2.21. The number of amides is 1.